The fraction of sp³-hybridized carbons (Fsp3) is 0.188. The number of para-hydroxylation sites is 1. The van der Waals surface area contributed by atoms with Gasteiger partial charge in [-0.1, -0.05) is 54.6 Å². The molecular weight excluding hydrogens is 506 g/mol. The number of carbonyl (C=O) groups is 3. The maximum absolute atomic E-state index is 13.0. The van der Waals surface area contributed by atoms with Crippen LogP contribution in [-0.2, 0) is 11.2 Å². The summed E-state index contributed by atoms with van der Waals surface area (Å²) in [5.74, 6) is -0.695. The lowest BCUT2D eigenvalue weighted by molar-refractivity contribution is -0.137. The van der Waals surface area contributed by atoms with Crippen molar-refractivity contribution >= 4 is 23.3 Å². The number of aliphatic carboxylic acids is 1. The Kier molecular flexibility index (Phi) is 9.61. The SMILES string of the molecule is CCN(CCOc1ccc(C[C@H](Nc2ccccc2C(=O)c2ccccc2)C(=O)O)cc1)C(=O)c1cccnc1. The predicted octanol–water partition coefficient (Wildman–Crippen LogP) is 4.96. The number of carbonyl (C=O) groups excluding carboxylic acids is 2. The monoisotopic (exact) mass is 537 g/mol. The summed E-state index contributed by atoms with van der Waals surface area (Å²) in [6, 6.07) is 25.5. The van der Waals surface area contributed by atoms with Crippen LogP contribution in [0.5, 0.6) is 5.75 Å². The molecule has 204 valence electrons. The van der Waals surface area contributed by atoms with E-state index in [1.54, 1.807) is 90.1 Å². The van der Waals surface area contributed by atoms with Gasteiger partial charge in [0.15, 0.2) is 5.78 Å². The molecule has 0 saturated heterocycles. The van der Waals surface area contributed by atoms with E-state index in [4.69, 9.17) is 4.74 Å². The second-order valence-corrected chi connectivity index (χ2v) is 9.10. The summed E-state index contributed by atoms with van der Waals surface area (Å²) in [4.78, 5) is 43.5. The molecule has 1 amide bonds. The number of benzene rings is 3. The number of carboxylic acid groups (broad SMARTS) is 1. The van der Waals surface area contributed by atoms with Crippen molar-refractivity contribution in [3.63, 3.8) is 0 Å². The van der Waals surface area contributed by atoms with Gasteiger partial charge in [0.25, 0.3) is 5.91 Å². The topological polar surface area (TPSA) is 109 Å². The van der Waals surface area contributed by atoms with Crippen LogP contribution in [0.25, 0.3) is 0 Å². The molecule has 4 aromatic rings. The van der Waals surface area contributed by atoms with Crippen LogP contribution in [0.15, 0.2) is 103 Å². The standard InChI is InChI=1S/C32H31N3O5/c1-2-35(31(37)25-11-8-18-33-22-25)19-20-40-26-16-14-23(15-17-26)21-29(32(38)39)34-28-13-7-6-12-27(28)30(36)24-9-4-3-5-10-24/h3-18,22,29,34H,2,19-21H2,1H3,(H,38,39)/t29-/m0/s1. The summed E-state index contributed by atoms with van der Waals surface area (Å²) in [5.41, 5.74) is 2.72. The predicted molar refractivity (Wildman–Crippen MR) is 153 cm³/mol. The highest BCUT2D eigenvalue weighted by atomic mass is 16.5. The second-order valence-electron chi connectivity index (χ2n) is 9.10. The van der Waals surface area contributed by atoms with Crippen molar-refractivity contribution < 1.29 is 24.2 Å². The van der Waals surface area contributed by atoms with Gasteiger partial charge >= 0.3 is 5.97 Å². The number of ether oxygens (including phenoxy) is 1. The van der Waals surface area contributed by atoms with Crippen LogP contribution in [-0.4, -0.2) is 58.4 Å². The number of nitrogens with one attached hydrogen (secondary N) is 1. The van der Waals surface area contributed by atoms with Crippen molar-refractivity contribution in [3.8, 4) is 5.75 Å². The Bertz CT molecular complexity index is 1430. The zero-order valence-corrected chi connectivity index (χ0v) is 22.2. The number of nitrogens with zero attached hydrogens (tertiary/aromatic N) is 2. The van der Waals surface area contributed by atoms with E-state index in [0.717, 1.165) is 5.56 Å². The first-order valence-electron chi connectivity index (χ1n) is 13.1. The summed E-state index contributed by atoms with van der Waals surface area (Å²) >= 11 is 0. The summed E-state index contributed by atoms with van der Waals surface area (Å²) in [5, 5.41) is 13.0. The van der Waals surface area contributed by atoms with Gasteiger partial charge in [0.1, 0.15) is 18.4 Å². The van der Waals surface area contributed by atoms with Gasteiger partial charge in [0, 0.05) is 42.2 Å². The molecular formula is C32H31N3O5. The number of hydrogen-bond donors (Lipinski definition) is 2. The highest BCUT2D eigenvalue weighted by molar-refractivity contribution is 6.12. The Hall–Kier alpha value is -4.98. The highest BCUT2D eigenvalue weighted by Crippen LogP contribution is 2.22. The molecule has 2 N–H and O–H groups in total. The van der Waals surface area contributed by atoms with E-state index in [1.165, 1.54) is 0 Å². The summed E-state index contributed by atoms with van der Waals surface area (Å²) in [6.45, 7) is 3.18. The fourth-order valence-electron chi connectivity index (χ4n) is 4.25. The number of amides is 1. The summed E-state index contributed by atoms with van der Waals surface area (Å²) in [6.07, 6.45) is 3.37. The molecule has 0 radical (unpaired) electrons. The number of carboxylic acids is 1. The molecule has 0 aliphatic heterocycles. The molecule has 8 heteroatoms. The maximum atomic E-state index is 13.0. The molecule has 0 aliphatic rings. The number of aromatic nitrogens is 1. The molecule has 0 unspecified atom stereocenters. The fourth-order valence-corrected chi connectivity index (χ4v) is 4.25. The van der Waals surface area contributed by atoms with E-state index >= 15 is 0 Å². The third-order valence-corrected chi connectivity index (χ3v) is 6.41. The first kappa shape index (κ1) is 28.0. The third kappa shape index (κ3) is 7.32. The van der Waals surface area contributed by atoms with Crippen LogP contribution in [0.2, 0.25) is 0 Å². The Morgan fingerprint density at radius 1 is 0.900 bits per heavy atom. The minimum Gasteiger partial charge on any atom is -0.492 e. The minimum absolute atomic E-state index is 0.103. The lowest BCUT2D eigenvalue weighted by Gasteiger charge is -2.21. The largest absolute Gasteiger partial charge is 0.492 e. The Morgan fingerprint density at radius 3 is 2.27 bits per heavy atom. The number of anilines is 1. The van der Waals surface area contributed by atoms with Gasteiger partial charge in [0.2, 0.25) is 0 Å². The van der Waals surface area contributed by atoms with E-state index < -0.39 is 12.0 Å². The summed E-state index contributed by atoms with van der Waals surface area (Å²) in [7, 11) is 0. The van der Waals surface area contributed by atoms with Crippen LogP contribution in [0.4, 0.5) is 5.69 Å². The van der Waals surface area contributed by atoms with Gasteiger partial charge in [-0.25, -0.2) is 4.79 Å². The van der Waals surface area contributed by atoms with Crippen molar-refractivity contribution in [2.45, 2.75) is 19.4 Å². The van der Waals surface area contributed by atoms with Gasteiger partial charge in [-0.05, 0) is 48.9 Å². The van der Waals surface area contributed by atoms with Crippen LogP contribution in [0.3, 0.4) is 0 Å². The molecule has 0 bridgehead atoms. The summed E-state index contributed by atoms with van der Waals surface area (Å²) < 4.78 is 5.83. The third-order valence-electron chi connectivity index (χ3n) is 6.41. The molecule has 4 rings (SSSR count). The van der Waals surface area contributed by atoms with Crippen LogP contribution < -0.4 is 10.1 Å². The molecule has 0 aliphatic carbocycles. The normalized spacial score (nSPS) is 11.3. The quantitative estimate of drug-likeness (QED) is 0.232. The number of likely N-dealkylation sites (N-methyl/N-ethyl adjacent to an activating group) is 1. The Balaban J connectivity index is 1.36. The molecule has 3 aromatic carbocycles. The van der Waals surface area contributed by atoms with Gasteiger partial charge in [-0.2, -0.15) is 0 Å². The van der Waals surface area contributed by atoms with Crippen molar-refractivity contribution in [2.75, 3.05) is 25.0 Å². The molecule has 1 aromatic heterocycles. The lowest BCUT2D eigenvalue weighted by atomic mass is 10.00. The van der Waals surface area contributed by atoms with E-state index in [9.17, 15) is 19.5 Å². The number of rotatable bonds is 13. The van der Waals surface area contributed by atoms with Crippen molar-refractivity contribution in [3.05, 3.63) is 126 Å². The molecule has 40 heavy (non-hydrogen) atoms. The number of pyridine rings is 1. The van der Waals surface area contributed by atoms with Crippen LogP contribution in [0.1, 0.15) is 38.8 Å². The van der Waals surface area contributed by atoms with E-state index in [2.05, 4.69) is 10.3 Å². The second kappa shape index (κ2) is 13.7. The van der Waals surface area contributed by atoms with Gasteiger partial charge < -0.3 is 20.1 Å². The van der Waals surface area contributed by atoms with Crippen molar-refractivity contribution in [2.24, 2.45) is 0 Å². The first-order valence-corrected chi connectivity index (χ1v) is 13.1. The lowest BCUT2D eigenvalue weighted by Crippen LogP contribution is -2.34. The Labute approximate surface area is 233 Å². The van der Waals surface area contributed by atoms with Crippen LogP contribution in [0, 0.1) is 0 Å². The average molecular weight is 538 g/mol. The first-order chi connectivity index (χ1) is 19.5. The van der Waals surface area contributed by atoms with E-state index in [1.807, 2.05) is 25.1 Å². The smallest absolute Gasteiger partial charge is 0.326 e. The zero-order valence-electron chi connectivity index (χ0n) is 22.2. The van der Waals surface area contributed by atoms with E-state index in [-0.39, 0.29) is 18.1 Å². The minimum atomic E-state index is -1.03. The number of ketones is 1. The molecule has 0 fully saturated rings. The van der Waals surface area contributed by atoms with Gasteiger partial charge in [0.05, 0.1) is 12.1 Å². The highest BCUT2D eigenvalue weighted by Gasteiger charge is 2.21. The Morgan fingerprint density at radius 2 is 1.60 bits per heavy atom. The van der Waals surface area contributed by atoms with Gasteiger partial charge in [-0.3, -0.25) is 14.6 Å². The molecule has 0 saturated carbocycles. The van der Waals surface area contributed by atoms with Crippen molar-refractivity contribution in [1.29, 1.82) is 0 Å². The molecule has 1 heterocycles. The maximum Gasteiger partial charge on any atom is 0.326 e. The average Bonchev–Trinajstić information content (AvgIpc) is 3.00. The number of hydrogen-bond acceptors (Lipinski definition) is 6. The zero-order chi connectivity index (χ0) is 28.3. The van der Waals surface area contributed by atoms with E-state index in [0.29, 0.717) is 47.8 Å². The van der Waals surface area contributed by atoms with Crippen LogP contribution >= 0.6 is 0 Å². The molecule has 1 atom stereocenters. The van der Waals surface area contributed by atoms with Gasteiger partial charge in [-0.15, -0.1) is 0 Å². The molecule has 8 nitrogen and oxygen atoms in total. The van der Waals surface area contributed by atoms with Crippen molar-refractivity contribution in [1.82, 2.24) is 9.88 Å². The molecule has 0 spiro atoms.